The Bertz CT molecular complexity index is 1080. The van der Waals surface area contributed by atoms with Gasteiger partial charge in [0.1, 0.15) is 12.3 Å². The minimum atomic E-state index is -0.153. The highest BCUT2D eigenvalue weighted by Crippen LogP contribution is 2.20. The van der Waals surface area contributed by atoms with E-state index in [4.69, 9.17) is 4.74 Å². The summed E-state index contributed by atoms with van der Waals surface area (Å²) in [4.78, 5) is 27.4. The van der Waals surface area contributed by atoms with E-state index in [-0.39, 0.29) is 24.1 Å². The van der Waals surface area contributed by atoms with Crippen LogP contribution in [0.1, 0.15) is 25.0 Å². The lowest BCUT2D eigenvalue weighted by Gasteiger charge is -2.29. The average molecular weight is 376 g/mol. The van der Waals surface area contributed by atoms with Crippen LogP contribution in [0.2, 0.25) is 0 Å². The summed E-state index contributed by atoms with van der Waals surface area (Å²) in [7, 11) is 0. The van der Waals surface area contributed by atoms with E-state index in [9.17, 15) is 9.59 Å². The predicted octanol–water partition coefficient (Wildman–Crippen LogP) is 3.37. The van der Waals surface area contributed by atoms with E-state index < -0.39 is 0 Å². The number of benzene rings is 2. The molecule has 144 valence electrons. The molecular weight excluding hydrogens is 352 g/mol. The molecule has 0 N–H and O–H groups in total. The maximum Gasteiger partial charge on any atom is 0.258 e. The number of rotatable bonds is 4. The molecule has 0 fully saturated rings. The van der Waals surface area contributed by atoms with Crippen molar-refractivity contribution in [2.24, 2.45) is 0 Å². The van der Waals surface area contributed by atoms with Crippen molar-refractivity contribution in [3.63, 3.8) is 0 Å². The number of carbonyl (C=O) groups is 1. The molecule has 0 unspecified atom stereocenters. The van der Waals surface area contributed by atoms with E-state index in [2.05, 4.69) is 12.1 Å². The second-order valence-electron chi connectivity index (χ2n) is 7.50. The molecule has 0 atom stereocenters. The molecule has 5 nitrogen and oxygen atoms in total. The van der Waals surface area contributed by atoms with Crippen molar-refractivity contribution in [1.82, 2.24) is 9.47 Å². The number of hydrogen-bond acceptors (Lipinski definition) is 3. The number of ether oxygens (including phenoxy) is 1. The Morgan fingerprint density at radius 3 is 2.68 bits per heavy atom. The van der Waals surface area contributed by atoms with Crippen molar-refractivity contribution in [1.29, 1.82) is 0 Å². The highest BCUT2D eigenvalue weighted by Gasteiger charge is 2.21. The van der Waals surface area contributed by atoms with Crippen LogP contribution in [0.5, 0.6) is 5.75 Å². The quantitative estimate of drug-likeness (QED) is 0.701. The number of nitrogens with zero attached hydrogens (tertiary/aromatic N) is 2. The van der Waals surface area contributed by atoms with Crippen LogP contribution in [0.4, 0.5) is 0 Å². The van der Waals surface area contributed by atoms with E-state index >= 15 is 0 Å². The first-order valence-electron chi connectivity index (χ1n) is 9.65. The lowest BCUT2D eigenvalue weighted by atomic mass is 10.00. The van der Waals surface area contributed by atoms with E-state index in [1.807, 2.05) is 43.0 Å². The summed E-state index contributed by atoms with van der Waals surface area (Å²) in [5.41, 5.74) is 2.33. The van der Waals surface area contributed by atoms with Gasteiger partial charge in [0.25, 0.3) is 5.56 Å². The van der Waals surface area contributed by atoms with Crippen molar-refractivity contribution >= 4 is 16.7 Å². The van der Waals surface area contributed by atoms with Crippen LogP contribution >= 0.6 is 0 Å². The lowest BCUT2D eigenvalue weighted by Crippen LogP contribution is -2.39. The monoisotopic (exact) mass is 376 g/mol. The van der Waals surface area contributed by atoms with Gasteiger partial charge in [0.2, 0.25) is 5.91 Å². The summed E-state index contributed by atoms with van der Waals surface area (Å²) in [6.07, 6.45) is 2.62. The molecule has 28 heavy (non-hydrogen) atoms. The summed E-state index contributed by atoms with van der Waals surface area (Å²) in [6.45, 7) is 5.28. The van der Waals surface area contributed by atoms with E-state index in [1.54, 1.807) is 18.3 Å². The summed E-state index contributed by atoms with van der Waals surface area (Å²) < 4.78 is 7.19. The first-order valence-corrected chi connectivity index (χ1v) is 9.65. The number of carbonyl (C=O) groups excluding carboxylic acids is 1. The van der Waals surface area contributed by atoms with Gasteiger partial charge in [-0.1, -0.05) is 24.3 Å². The van der Waals surface area contributed by atoms with Crippen molar-refractivity contribution < 1.29 is 9.53 Å². The first kappa shape index (κ1) is 18.3. The molecule has 1 aliphatic heterocycles. The molecule has 0 bridgehead atoms. The van der Waals surface area contributed by atoms with Gasteiger partial charge >= 0.3 is 0 Å². The molecule has 2 aromatic carbocycles. The predicted molar refractivity (Wildman–Crippen MR) is 110 cm³/mol. The third-order valence-corrected chi connectivity index (χ3v) is 5.11. The highest BCUT2D eigenvalue weighted by molar-refractivity contribution is 5.83. The summed E-state index contributed by atoms with van der Waals surface area (Å²) >= 11 is 0. The van der Waals surface area contributed by atoms with Crippen LogP contribution in [-0.2, 0) is 24.3 Å². The van der Waals surface area contributed by atoms with Crippen LogP contribution in [0.3, 0.4) is 0 Å². The second kappa shape index (κ2) is 7.50. The maximum absolute atomic E-state index is 12.8. The number of pyridine rings is 1. The second-order valence-corrected chi connectivity index (χ2v) is 7.50. The molecule has 0 saturated carbocycles. The Kier molecular flexibility index (Phi) is 4.90. The topological polar surface area (TPSA) is 51.5 Å². The summed E-state index contributed by atoms with van der Waals surface area (Å²) in [5, 5.41) is 1.41. The standard InChI is InChI=1S/C23H24N2O3/c1-16(2)28-20-7-8-21-18(13-20)10-12-25(23(21)27)15-22(26)24-11-9-17-5-3-4-6-19(17)14-24/h3-8,10,12-13,16H,9,11,14-15H2,1-2H3. The molecule has 1 aliphatic rings. The molecule has 4 rings (SSSR count). The third kappa shape index (κ3) is 3.65. The van der Waals surface area contributed by atoms with Crippen LogP contribution < -0.4 is 10.3 Å². The molecule has 1 amide bonds. The van der Waals surface area contributed by atoms with Gasteiger partial charge in [0.15, 0.2) is 0 Å². The van der Waals surface area contributed by atoms with Gasteiger partial charge in [-0.25, -0.2) is 0 Å². The summed E-state index contributed by atoms with van der Waals surface area (Å²) in [5.74, 6) is 0.707. The first-order chi connectivity index (χ1) is 13.5. The zero-order chi connectivity index (χ0) is 19.7. The van der Waals surface area contributed by atoms with Crippen LogP contribution in [0.25, 0.3) is 10.8 Å². The largest absolute Gasteiger partial charge is 0.491 e. The minimum Gasteiger partial charge on any atom is -0.491 e. The van der Waals surface area contributed by atoms with Gasteiger partial charge < -0.3 is 14.2 Å². The molecule has 0 aliphatic carbocycles. The summed E-state index contributed by atoms with van der Waals surface area (Å²) in [6, 6.07) is 15.5. The zero-order valence-electron chi connectivity index (χ0n) is 16.2. The van der Waals surface area contributed by atoms with Gasteiger partial charge in [0.05, 0.1) is 6.10 Å². The number of amides is 1. The Labute approximate surface area is 164 Å². The molecule has 0 radical (unpaired) electrons. The van der Waals surface area contributed by atoms with Gasteiger partial charge in [-0.05, 0) is 61.0 Å². The molecule has 1 aromatic heterocycles. The Balaban J connectivity index is 1.54. The van der Waals surface area contributed by atoms with Crippen molar-refractivity contribution in [2.75, 3.05) is 6.54 Å². The van der Waals surface area contributed by atoms with Gasteiger partial charge in [-0.3, -0.25) is 9.59 Å². The third-order valence-electron chi connectivity index (χ3n) is 5.11. The maximum atomic E-state index is 12.8. The van der Waals surface area contributed by atoms with Crippen molar-refractivity contribution in [3.05, 3.63) is 76.2 Å². The fourth-order valence-corrected chi connectivity index (χ4v) is 3.69. The van der Waals surface area contributed by atoms with Gasteiger partial charge in [0, 0.05) is 24.7 Å². The number of fused-ring (bicyclic) bond motifs is 2. The van der Waals surface area contributed by atoms with Crippen LogP contribution in [-0.4, -0.2) is 28.0 Å². The minimum absolute atomic E-state index is 0.0317. The van der Waals surface area contributed by atoms with Crippen molar-refractivity contribution in [3.8, 4) is 5.75 Å². The molecule has 0 saturated heterocycles. The lowest BCUT2D eigenvalue weighted by molar-refractivity contribution is -0.132. The Morgan fingerprint density at radius 2 is 1.89 bits per heavy atom. The zero-order valence-corrected chi connectivity index (χ0v) is 16.2. The van der Waals surface area contributed by atoms with Gasteiger partial charge in [-0.15, -0.1) is 0 Å². The fraction of sp³-hybridized carbons (Fsp3) is 0.304. The van der Waals surface area contributed by atoms with Crippen LogP contribution in [0, 0.1) is 0 Å². The van der Waals surface area contributed by atoms with Crippen LogP contribution in [0.15, 0.2) is 59.5 Å². The number of hydrogen-bond donors (Lipinski definition) is 0. The SMILES string of the molecule is CC(C)Oc1ccc2c(=O)n(CC(=O)N3CCc4ccccc4C3)ccc2c1. The van der Waals surface area contributed by atoms with Gasteiger partial charge in [-0.2, -0.15) is 0 Å². The average Bonchev–Trinajstić information content (AvgIpc) is 2.69. The molecular formula is C23H24N2O3. The Hall–Kier alpha value is -3.08. The van der Waals surface area contributed by atoms with E-state index in [1.165, 1.54) is 15.7 Å². The smallest absolute Gasteiger partial charge is 0.258 e. The highest BCUT2D eigenvalue weighted by atomic mass is 16.5. The molecule has 5 heteroatoms. The van der Waals surface area contributed by atoms with E-state index in [0.29, 0.717) is 18.5 Å². The molecule has 3 aromatic rings. The fourth-order valence-electron chi connectivity index (χ4n) is 3.69. The van der Waals surface area contributed by atoms with E-state index in [0.717, 1.165) is 17.6 Å². The normalized spacial score (nSPS) is 13.6. The molecule has 0 spiro atoms. The number of aromatic nitrogens is 1. The van der Waals surface area contributed by atoms with Crippen molar-refractivity contribution in [2.45, 2.75) is 39.5 Å². The Morgan fingerprint density at radius 1 is 1.11 bits per heavy atom. The molecule has 2 heterocycles.